The van der Waals surface area contributed by atoms with Crippen LogP contribution in [-0.4, -0.2) is 44.0 Å². The van der Waals surface area contributed by atoms with Gasteiger partial charge in [-0.2, -0.15) is 0 Å². The summed E-state index contributed by atoms with van der Waals surface area (Å²) in [5.41, 5.74) is 1.11. The Hall–Kier alpha value is -3.33. The van der Waals surface area contributed by atoms with E-state index in [4.69, 9.17) is 4.74 Å². The van der Waals surface area contributed by atoms with Crippen molar-refractivity contribution in [2.24, 2.45) is 5.92 Å². The Balaban J connectivity index is 1.86. The molecule has 4 rings (SSSR count). The number of para-hydroxylation sites is 1. The lowest BCUT2D eigenvalue weighted by molar-refractivity contribution is -0.120. The largest absolute Gasteiger partial charge is 0.497 e. The molecule has 0 saturated heterocycles. The molecule has 0 bridgehead atoms. The van der Waals surface area contributed by atoms with Crippen molar-refractivity contribution in [3.63, 3.8) is 0 Å². The third-order valence-corrected chi connectivity index (χ3v) is 6.08. The summed E-state index contributed by atoms with van der Waals surface area (Å²) < 4.78 is 8.68. The molecule has 0 radical (unpaired) electrons. The quantitative estimate of drug-likeness (QED) is 0.434. The standard InChI is InChI=1S/C23H25N5O3S/c1-14(2)13-24-20(29)15(3)32-23-26-25-22-27(16-8-7-9-17(12-16)31-4)21(30)18-10-5-6-11-19(18)28(22)23/h5-12,14-15H,13H2,1-4H3,(H,24,29). The third kappa shape index (κ3) is 4.08. The van der Waals surface area contributed by atoms with Gasteiger partial charge < -0.3 is 10.1 Å². The van der Waals surface area contributed by atoms with Crippen molar-refractivity contribution in [3.05, 3.63) is 58.9 Å². The summed E-state index contributed by atoms with van der Waals surface area (Å²) in [6.07, 6.45) is 0. The highest BCUT2D eigenvalue weighted by atomic mass is 32.2. The number of hydrogen-bond acceptors (Lipinski definition) is 6. The number of ether oxygens (including phenoxy) is 1. The lowest BCUT2D eigenvalue weighted by atomic mass is 10.2. The SMILES string of the molecule is COc1cccc(-n2c(=O)c3ccccc3n3c(SC(C)C(=O)NCC(C)C)nnc23)c1. The number of hydrogen-bond donors (Lipinski definition) is 1. The number of rotatable bonds is 7. The number of carbonyl (C=O) groups excluding carboxylic acids is 1. The minimum atomic E-state index is -0.378. The Morgan fingerprint density at radius 1 is 1.12 bits per heavy atom. The van der Waals surface area contributed by atoms with Crippen LogP contribution in [0.3, 0.4) is 0 Å². The number of amides is 1. The first-order valence-corrected chi connectivity index (χ1v) is 11.3. The van der Waals surface area contributed by atoms with Gasteiger partial charge in [0.15, 0.2) is 5.16 Å². The molecule has 0 spiro atoms. The number of thioether (sulfide) groups is 1. The number of fused-ring (bicyclic) bond motifs is 3. The first kappa shape index (κ1) is 21.9. The van der Waals surface area contributed by atoms with Crippen molar-refractivity contribution in [1.29, 1.82) is 0 Å². The van der Waals surface area contributed by atoms with Crippen LogP contribution in [0.1, 0.15) is 20.8 Å². The van der Waals surface area contributed by atoms with Gasteiger partial charge in [-0.1, -0.05) is 43.8 Å². The smallest absolute Gasteiger partial charge is 0.267 e. The van der Waals surface area contributed by atoms with E-state index in [0.717, 1.165) is 0 Å². The highest BCUT2D eigenvalue weighted by molar-refractivity contribution is 8.00. The van der Waals surface area contributed by atoms with Crippen LogP contribution >= 0.6 is 11.8 Å². The molecular formula is C23H25N5O3S. The first-order chi connectivity index (χ1) is 15.4. The summed E-state index contributed by atoms with van der Waals surface area (Å²) >= 11 is 1.31. The van der Waals surface area contributed by atoms with Gasteiger partial charge in [0.05, 0.1) is 29.0 Å². The van der Waals surface area contributed by atoms with E-state index in [2.05, 4.69) is 15.5 Å². The van der Waals surface area contributed by atoms with E-state index < -0.39 is 0 Å². The lowest BCUT2D eigenvalue weighted by Crippen LogP contribution is -2.33. The molecule has 1 amide bonds. The molecule has 9 heteroatoms. The molecule has 0 aliphatic carbocycles. The molecule has 2 heterocycles. The average Bonchev–Trinajstić information content (AvgIpc) is 3.21. The van der Waals surface area contributed by atoms with Crippen LogP contribution in [-0.2, 0) is 4.79 Å². The Bertz CT molecular complexity index is 1340. The van der Waals surface area contributed by atoms with Crippen molar-refractivity contribution in [2.45, 2.75) is 31.2 Å². The predicted octanol–water partition coefficient (Wildman–Crippen LogP) is 3.29. The highest BCUT2D eigenvalue weighted by Crippen LogP contribution is 2.26. The molecule has 0 aliphatic heterocycles. The minimum Gasteiger partial charge on any atom is -0.497 e. The monoisotopic (exact) mass is 451 g/mol. The minimum absolute atomic E-state index is 0.0640. The summed E-state index contributed by atoms with van der Waals surface area (Å²) in [6.45, 7) is 6.55. The van der Waals surface area contributed by atoms with Crippen molar-refractivity contribution >= 4 is 34.3 Å². The van der Waals surface area contributed by atoms with Crippen LogP contribution in [0.4, 0.5) is 0 Å². The van der Waals surface area contributed by atoms with Crippen molar-refractivity contribution in [3.8, 4) is 11.4 Å². The molecule has 1 N–H and O–H groups in total. The van der Waals surface area contributed by atoms with E-state index in [-0.39, 0.29) is 16.7 Å². The highest BCUT2D eigenvalue weighted by Gasteiger charge is 2.22. The van der Waals surface area contributed by atoms with Gasteiger partial charge in [-0.3, -0.25) is 14.0 Å². The summed E-state index contributed by atoms with van der Waals surface area (Å²) in [5, 5.41) is 12.3. The molecular weight excluding hydrogens is 426 g/mol. The predicted molar refractivity (Wildman–Crippen MR) is 126 cm³/mol. The molecule has 32 heavy (non-hydrogen) atoms. The maximum absolute atomic E-state index is 13.4. The zero-order chi connectivity index (χ0) is 22.8. The van der Waals surface area contributed by atoms with Crippen LogP contribution in [0.15, 0.2) is 58.5 Å². The van der Waals surface area contributed by atoms with E-state index in [1.54, 1.807) is 19.2 Å². The fourth-order valence-corrected chi connectivity index (χ4v) is 4.28. The van der Waals surface area contributed by atoms with Gasteiger partial charge in [0.1, 0.15) is 5.75 Å². The topological polar surface area (TPSA) is 90.5 Å². The van der Waals surface area contributed by atoms with E-state index in [0.29, 0.717) is 45.7 Å². The molecule has 166 valence electrons. The summed E-state index contributed by atoms with van der Waals surface area (Å²) in [6, 6.07) is 14.6. The van der Waals surface area contributed by atoms with Gasteiger partial charge >= 0.3 is 0 Å². The molecule has 0 aliphatic rings. The maximum atomic E-state index is 13.4. The molecule has 0 fully saturated rings. The Morgan fingerprint density at radius 3 is 2.66 bits per heavy atom. The van der Waals surface area contributed by atoms with Gasteiger partial charge in [0, 0.05) is 12.6 Å². The number of carbonyl (C=O) groups is 1. The zero-order valence-electron chi connectivity index (χ0n) is 18.4. The van der Waals surface area contributed by atoms with E-state index in [1.807, 2.05) is 61.6 Å². The van der Waals surface area contributed by atoms with Crippen molar-refractivity contribution < 1.29 is 9.53 Å². The molecule has 2 aromatic carbocycles. The van der Waals surface area contributed by atoms with E-state index in [1.165, 1.54) is 16.3 Å². The number of benzene rings is 2. The van der Waals surface area contributed by atoms with Crippen molar-refractivity contribution in [2.75, 3.05) is 13.7 Å². The second-order valence-corrected chi connectivity index (χ2v) is 9.18. The van der Waals surface area contributed by atoms with Crippen LogP contribution in [0.25, 0.3) is 22.4 Å². The molecule has 0 saturated carbocycles. The van der Waals surface area contributed by atoms with Crippen LogP contribution in [0.5, 0.6) is 5.75 Å². The normalized spacial score (nSPS) is 12.4. The fourth-order valence-electron chi connectivity index (χ4n) is 3.40. The summed E-state index contributed by atoms with van der Waals surface area (Å²) in [7, 11) is 1.58. The number of aromatic nitrogens is 4. The second-order valence-electron chi connectivity index (χ2n) is 7.88. The zero-order valence-corrected chi connectivity index (χ0v) is 19.2. The summed E-state index contributed by atoms with van der Waals surface area (Å²) in [5.74, 6) is 1.31. The number of nitrogens with zero attached hydrogens (tertiary/aromatic N) is 4. The first-order valence-electron chi connectivity index (χ1n) is 10.4. The molecule has 8 nitrogen and oxygen atoms in total. The third-order valence-electron chi connectivity index (χ3n) is 5.04. The van der Waals surface area contributed by atoms with Gasteiger partial charge in [-0.15, -0.1) is 10.2 Å². The van der Waals surface area contributed by atoms with Gasteiger partial charge in [0.25, 0.3) is 5.56 Å². The van der Waals surface area contributed by atoms with Gasteiger partial charge in [0.2, 0.25) is 11.7 Å². The van der Waals surface area contributed by atoms with Gasteiger partial charge in [-0.25, -0.2) is 4.57 Å². The summed E-state index contributed by atoms with van der Waals surface area (Å²) in [4.78, 5) is 25.9. The van der Waals surface area contributed by atoms with Gasteiger partial charge in [-0.05, 0) is 37.1 Å². The molecule has 1 atom stereocenters. The Kier molecular flexibility index (Phi) is 6.18. The number of nitrogens with one attached hydrogen (secondary N) is 1. The molecule has 4 aromatic rings. The van der Waals surface area contributed by atoms with Crippen LogP contribution in [0.2, 0.25) is 0 Å². The molecule has 1 unspecified atom stereocenters. The van der Waals surface area contributed by atoms with E-state index >= 15 is 0 Å². The van der Waals surface area contributed by atoms with Crippen molar-refractivity contribution in [1.82, 2.24) is 24.5 Å². The second kappa shape index (κ2) is 9.04. The van der Waals surface area contributed by atoms with E-state index in [9.17, 15) is 9.59 Å². The fraction of sp³-hybridized carbons (Fsp3) is 0.304. The average molecular weight is 452 g/mol. The van der Waals surface area contributed by atoms with Crippen LogP contribution in [0, 0.1) is 5.92 Å². The lowest BCUT2D eigenvalue weighted by Gasteiger charge is -2.14. The number of methoxy groups -OCH3 is 1. The Morgan fingerprint density at radius 2 is 1.91 bits per heavy atom. The van der Waals surface area contributed by atoms with Crippen LogP contribution < -0.4 is 15.6 Å². The maximum Gasteiger partial charge on any atom is 0.267 e. The molecule has 2 aromatic heterocycles. The Labute approximate surface area is 189 Å².